The van der Waals surface area contributed by atoms with Crippen LogP contribution in [-0.2, 0) is 9.59 Å². The lowest BCUT2D eigenvalue weighted by atomic mass is 10.1. The van der Waals surface area contributed by atoms with Gasteiger partial charge in [0, 0.05) is 23.6 Å². The molecule has 2 rings (SSSR count). The summed E-state index contributed by atoms with van der Waals surface area (Å²) in [6.45, 7) is 3.48. The molecule has 0 spiro atoms. The smallest absolute Gasteiger partial charge is 0.310 e. The van der Waals surface area contributed by atoms with Crippen LogP contribution in [0.2, 0.25) is 0 Å². The van der Waals surface area contributed by atoms with Gasteiger partial charge in [0.15, 0.2) is 0 Å². The molecule has 20 heavy (non-hydrogen) atoms. The molecule has 0 amide bonds. The van der Waals surface area contributed by atoms with Crippen molar-refractivity contribution >= 4 is 22.7 Å². The fourth-order valence-electron chi connectivity index (χ4n) is 1.81. The van der Waals surface area contributed by atoms with E-state index < -0.39 is 0 Å². The molecular formula is C16H16O4. The van der Waals surface area contributed by atoms with Gasteiger partial charge in [-0.25, -0.2) is 0 Å². The van der Waals surface area contributed by atoms with Gasteiger partial charge in [0.05, 0.1) is 0 Å². The van der Waals surface area contributed by atoms with Crippen LogP contribution in [0.3, 0.4) is 0 Å². The van der Waals surface area contributed by atoms with E-state index in [2.05, 4.69) is 0 Å². The number of esters is 2. The van der Waals surface area contributed by atoms with E-state index in [1.807, 2.05) is 24.3 Å². The van der Waals surface area contributed by atoms with Crippen LogP contribution in [0.4, 0.5) is 0 Å². The van der Waals surface area contributed by atoms with Crippen molar-refractivity contribution in [2.75, 3.05) is 0 Å². The summed E-state index contributed by atoms with van der Waals surface area (Å²) in [4.78, 5) is 22.9. The van der Waals surface area contributed by atoms with E-state index >= 15 is 0 Å². The van der Waals surface area contributed by atoms with Gasteiger partial charge in [0.2, 0.25) is 0 Å². The fraction of sp³-hybridized carbons (Fsp3) is 0.250. The highest BCUT2D eigenvalue weighted by Crippen LogP contribution is 2.33. The Bertz CT molecular complexity index is 589. The van der Waals surface area contributed by atoms with Crippen molar-refractivity contribution < 1.29 is 19.1 Å². The van der Waals surface area contributed by atoms with Crippen molar-refractivity contribution in [3.05, 3.63) is 36.4 Å². The Morgan fingerprint density at radius 2 is 1.20 bits per heavy atom. The first-order valence-electron chi connectivity index (χ1n) is 6.58. The molecule has 0 unspecified atom stereocenters. The van der Waals surface area contributed by atoms with E-state index in [-0.39, 0.29) is 11.9 Å². The standard InChI is InChI=1S/C16H16O4/c1-3-15(17)19-13-9-10-14(20-16(18)4-2)12-8-6-5-7-11(12)13/h5-10H,3-4H2,1-2H3. The van der Waals surface area contributed by atoms with E-state index in [9.17, 15) is 9.59 Å². The maximum Gasteiger partial charge on any atom is 0.310 e. The minimum atomic E-state index is -0.298. The number of ether oxygens (including phenoxy) is 2. The minimum absolute atomic E-state index is 0.298. The molecule has 0 saturated carbocycles. The predicted molar refractivity (Wildman–Crippen MR) is 75.8 cm³/mol. The summed E-state index contributed by atoms with van der Waals surface area (Å²) in [6, 6.07) is 10.6. The first-order valence-corrected chi connectivity index (χ1v) is 6.58. The van der Waals surface area contributed by atoms with Crippen LogP contribution >= 0.6 is 0 Å². The topological polar surface area (TPSA) is 52.6 Å². The number of hydrogen-bond donors (Lipinski definition) is 0. The Morgan fingerprint density at radius 1 is 0.800 bits per heavy atom. The monoisotopic (exact) mass is 272 g/mol. The van der Waals surface area contributed by atoms with Crippen LogP contribution in [0.1, 0.15) is 26.7 Å². The van der Waals surface area contributed by atoms with Crippen molar-refractivity contribution in [2.24, 2.45) is 0 Å². The lowest BCUT2D eigenvalue weighted by molar-refractivity contribution is -0.135. The average Bonchev–Trinajstić information content (AvgIpc) is 2.49. The lowest BCUT2D eigenvalue weighted by Crippen LogP contribution is -2.08. The third-order valence-corrected chi connectivity index (χ3v) is 2.87. The quantitative estimate of drug-likeness (QED) is 0.631. The van der Waals surface area contributed by atoms with Gasteiger partial charge < -0.3 is 9.47 Å². The summed E-state index contributed by atoms with van der Waals surface area (Å²) >= 11 is 0. The number of carbonyl (C=O) groups is 2. The van der Waals surface area contributed by atoms with Gasteiger partial charge in [-0.3, -0.25) is 9.59 Å². The zero-order chi connectivity index (χ0) is 14.5. The molecule has 0 saturated heterocycles. The van der Waals surface area contributed by atoms with Crippen LogP contribution in [0.25, 0.3) is 10.8 Å². The molecule has 0 aromatic heterocycles. The van der Waals surface area contributed by atoms with Gasteiger partial charge in [0.25, 0.3) is 0 Å². The Balaban J connectivity index is 2.46. The molecule has 0 N–H and O–H groups in total. The molecule has 0 atom stereocenters. The molecule has 2 aromatic rings. The summed E-state index contributed by atoms with van der Waals surface area (Å²) in [6.07, 6.45) is 0.613. The number of rotatable bonds is 4. The van der Waals surface area contributed by atoms with Gasteiger partial charge >= 0.3 is 11.9 Å². The number of benzene rings is 2. The molecular weight excluding hydrogens is 256 g/mol. The highest BCUT2D eigenvalue weighted by atomic mass is 16.5. The van der Waals surface area contributed by atoms with Crippen molar-refractivity contribution in [3.8, 4) is 11.5 Å². The van der Waals surface area contributed by atoms with Crippen LogP contribution in [0.5, 0.6) is 11.5 Å². The van der Waals surface area contributed by atoms with Crippen molar-refractivity contribution in [3.63, 3.8) is 0 Å². The molecule has 0 bridgehead atoms. The molecule has 0 aliphatic carbocycles. The van der Waals surface area contributed by atoms with Gasteiger partial charge in [-0.2, -0.15) is 0 Å². The molecule has 0 aliphatic heterocycles. The number of hydrogen-bond acceptors (Lipinski definition) is 4. The van der Waals surface area contributed by atoms with Crippen molar-refractivity contribution in [1.82, 2.24) is 0 Å². The van der Waals surface area contributed by atoms with Gasteiger partial charge in [-0.15, -0.1) is 0 Å². The SMILES string of the molecule is CCC(=O)Oc1ccc(OC(=O)CC)c2ccccc12. The Kier molecular flexibility index (Phi) is 4.35. The van der Waals surface area contributed by atoms with Crippen LogP contribution in [0, 0.1) is 0 Å². The molecule has 4 heteroatoms. The highest BCUT2D eigenvalue weighted by Gasteiger charge is 2.12. The first-order chi connectivity index (χ1) is 9.65. The van der Waals surface area contributed by atoms with E-state index in [1.165, 1.54) is 0 Å². The van der Waals surface area contributed by atoms with Gasteiger partial charge in [0.1, 0.15) is 11.5 Å². The molecule has 104 valence electrons. The third kappa shape index (κ3) is 2.96. The summed E-state index contributed by atoms with van der Waals surface area (Å²) in [5.41, 5.74) is 0. The average molecular weight is 272 g/mol. The number of fused-ring (bicyclic) bond motifs is 1. The molecule has 0 heterocycles. The summed E-state index contributed by atoms with van der Waals surface area (Å²) in [5.74, 6) is 0.356. The molecule has 4 nitrogen and oxygen atoms in total. The normalized spacial score (nSPS) is 10.3. The van der Waals surface area contributed by atoms with Gasteiger partial charge in [-0.1, -0.05) is 38.1 Å². The zero-order valence-electron chi connectivity index (χ0n) is 11.5. The van der Waals surface area contributed by atoms with Crippen molar-refractivity contribution in [1.29, 1.82) is 0 Å². The predicted octanol–water partition coefficient (Wildman–Crippen LogP) is 3.47. The second-order valence-corrected chi connectivity index (χ2v) is 4.26. The highest BCUT2D eigenvalue weighted by molar-refractivity contribution is 5.96. The van der Waals surface area contributed by atoms with Gasteiger partial charge in [-0.05, 0) is 12.1 Å². The second kappa shape index (κ2) is 6.19. The minimum Gasteiger partial charge on any atom is -0.426 e. The summed E-state index contributed by atoms with van der Waals surface area (Å²) < 4.78 is 10.6. The van der Waals surface area contributed by atoms with E-state index in [0.29, 0.717) is 24.3 Å². The van der Waals surface area contributed by atoms with Crippen LogP contribution < -0.4 is 9.47 Å². The lowest BCUT2D eigenvalue weighted by Gasteiger charge is -2.11. The first kappa shape index (κ1) is 14.1. The molecule has 2 aromatic carbocycles. The maximum atomic E-state index is 11.4. The molecule has 0 aliphatic rings. The Morgan fingerprint density at radius 3 is 1.55 bits per heavy atom. The molecule has 0 fully saturated rings. The van der Waals surface area contributed by atoms with E-state index in [4.69, 9.17) is 9.47 Å². The zero-order valence-corrected chi connectivity index (χ0v) is 11.5. The van der Waals surface area contributed by atoms with Crippen molar-refractivity contribution in [2.45, 2.75) is 26.7 Å². The largest absolute Gasteiger partial charge is 0.426 e. The molecule has 0 radical (unpaired) electrons. The Hall–Kier alpha value is -2.36. The maximum absolute atomic E-state index is 11.4. The summed E-state index contributed by atoms with van der Waals surface area (Å²) in [5, 5.41) is 1.49. The van der Waals surface area contributed by atoms with E-state index in [1.54, 1.807) is 26.0 Å². The second-order valence-electron chi connectivity index (χ2n) is 4.26. The van der Waals surface area contributed by atoms with Crippen LogP contribution in [-0.4, -0.2) is 11.9 Å². The van der Waals surface area contributed by atoms with Crippen LogP contribution in [0.15, 0.2) is 36.4 Å². The third-order valence-electron chi connectivity index (χ3n) is 2.87. The number of carbonyl (C=O) groups excluding carboxylic acids is 2. The summed E-state index contributed by atoms with van der Waals surface area (Å²) in [7, 11) is 0. The Labute approximate surface area is 117 Å². The fourth-order valence-corrected chi connectivity index (χ4v) is 1.81. The van der Waals surface area contributed by atoms with E-state index in [0.717, 1.165) is 10.8 Å².